The van der Waals surface area contributed by atoms with E-state index in [9.17, 15) is 14.4 Å². The molecule has 2 fully saturated rings. The average molecular weight is 375 g/mol. The molecule has 2 rings (SSSR count). The number of rotatable bonds is 10. The van der Waals surface area contributed by atoms with Crippen LogP contribution >= 0.6 is 11.8 Å². The zero-order valence-electron chi connectivity index (χ0n) is 14.2. The summed E-state index contributed by atoms with van der Waals surface area (Å²) >= 11 is 1.78. The molecule has 10 heteroatoms. The van der Waals surface area contributed by atoms with Gasteiger partial charge in [0.1, 0.15) is 12.7 Å². The first kappa shape index (κ1) is 19.8. The highest BCUT2D eigenvalue weighted by molar-refractivity contribution is 8.00. The smallest absolute Gasteiger partial charge is 0.334 e. The van der Waals surface area contributed by atoms with E-state index < -0.39 is 12.1 Å². The first-order valence-corrected chi connectivity index (χ1v) is 9.40. The molecule has 0 aliphatic carbocycles. The SMILES string of the molecule is CC(O)C(=O)OCCOCCNC(=O)CCC1SC[C@@H]2NC(=O)N[C@H]12. The monoisotopic (exact) mass is 375 g/mol. The maximum atomic E-state index is 11.8. The Kier molecular flexibility index (Phi) is 7.79. The third-order valence-corrected chi connectivity index (χ3v) is 5.48. The van der Waals surface area contributed by atoms with E-state index in [1.54, 1.807) is 11.8 Å². The van der Waals surface area contributed by atoms with Crippen molar-refractivity contribution in [3.63, 3.8) is 0 Å². The first-order chi connectivity index (χ1) is 12.0. The number of aliphatic hydroxyl groups is 1. The van der Waals surface area contributed by atoms with Gasteiger partial charge in [0, 0.05) is 24.0 Å². The minimum absolute atomic E-state index is 0.0505. The largest absolute Gasteiger partial charge is 0.461 e. The van der Waals surface area contributed by atoms with Crippen molar-refractivity contribution in [2.24, 2.45) is 0 Å². The van der Waals surface area contributed by atoms with Gasteiger partial charge in [-0.05, 0) is 13.3 Å². The number of fused-ring (bicyclic) bond motifs is 1. The molecule has 2 saturated heterocycles. The molecular formula is C15H25N3O6S. The summed E-state index contributed by atoms with van der Waals surface area (Å²) in [5, 5.41) is 17.7. The molecule has 2 aliphatic rings. The summed E-state index contributed by atoms with van der Waals surface area (Å²) in [6, 6.07) is 0.154. The molecule has 4 atom stereocenters. The zero-order chi connectivity index (χ0) is 18.2. The van der Waals surface area contributed by atoms with E-state index in [-0.39, 0.29) is 42.5 Å². The second-order valence-corrected chi connectivity index (χ2v) is 7.24. The van der Waals surface area contributed by atoms with Crippen LogP contribution in [0, 0.1) is 0 Å². The number of amides is 3. The predicted octanol–water partition coefficient (Wildman–Crippen LogP) is -1.01. The molecule has 0 aromatic heterocycles. The summed E-state index contributed by atoms with van der Waals surface area (Å²) in [6.07, 6.45) is -0.0145. The van der Waals surface area contributed by atoms with Crippen LogP contribution < -0.4 is 16.0 Å². The lowest BCUT2D eigenvalue weighted by Gasteiger charge is -2.16. The van der Waals surface area contributed by atoms with Gasteiger partial charge in [-0.1, -0.05) is 0 Å². The maximum Gasteiger partial charge on any atom is 0.334 e. The van der Waals surface area contributed by atoms with E-state index in [1.165, 1.54) is 6.92 Å². The van der Waals surface area contributed by atoms with Gasteiger partial charge in [-0.2, -0.15) is 11.8 Å². The summed E-state index contributed by atoms with van der Waals surface area (Å²) in [5.74, 6) is 0.145. The second kappa shape index (κ2) is 9.83. The molecular weight excluding hydrogens is 350 g/mol. The molecule has 3 amide bonds. The number of aliphatic hydroxyl groups excluding tert-OH is 1. The van der Waals surface area contributed by atoms with Crippen LogP contribution in [0.15, 0.2) is 0 Å². The van der Waals surface area contributed by atoms with Crippen LogP contribution in [-0.2, 0) is 19.1 Å². The lowest BCUT2D eigenvalue weighted by molar-refractivity contribution is -0.154. The minimum atomic E-state index is -1.14. The van der Waals surface area contributed by atoms with Gasteiger partial charge in [-0.25, -0.2) is 9.59 Å². The number of hydrogen-bond donors (Lipinski definition) is 4. The Labute approximate surface area is 150 Å². The van der Waals surface area contributed by atoms with Crippen LogP contribution in [-0.4, -0.2) is 78.6 Å². The fraction of sp³-hybridized carbons (Fsp3) is 0.800. The highest BCUT2D eigenvalue weighted by Crippen LogP contribution is 2.32. The van der Waals surface area contributed by atoms with Crippen molar-refractivity contribution >= 4 is 29.7 Å². The number of nitrogens with one attached hydrogen (secondary N) is 3. The van der Waals surface area contributed by atoms with E-state index in [0.717, 1.165) is 12.2 Å². The Hall–Kier alpha value is -1.52. The molecule has 4 N–H and O–H groups in total. The van der Waals surface area contributed by atoms with E-state index >= 15 is 0 Å². The molecule has 2 heterocycles. The summed E-state index contributed by atoms with van der Waals surface area (Å²) in [7, 11) is 0. The quantitative estimate of drug-likeness (QED) is 0.219. The van der Waals surface area contributed by atoms with Crippen LogP contribution in [0.3, 0.4) is 0 Å². The molecule has 0 bridgehead atoms. The van der Waals surface area contributed by atoms with Crippen LogP contribution in [0.4, 0.5) is 4.79 Å². The topological polar surface area (TPSA) is 126 Å². The van der Waals surface area contributed by atoms with Crippen LogP contribution in [0.1, 0.15) is 19.8 Å². The van der Waals surface area contributed by atoms with Crippen LogP contribution in [0.5, 0.6) is 0 Å². The third kappa shape index (κ3) is 6.37. The van der Waals surface area contributed by atoms with Crippen molar-refractivity contribution in [3.8, 4) is 0 Å². The minimum Gasteiger partial charge on any atom is -0.461 e. The zero-order valence-corrected chi connectivity index (χ0v) is 15.0. The molecule has 0 aromatic carbocycles. The van der Waals surface area contributed by atoms with Gasteiger partial charge >= 0.3 is 12.0 Å². The number of hydrogen-bond acceptors (Lipinski definition) is 7. The molecule has 2 aliphatic heterocycles. The summed E-state index contributed by atoms with van der Waals surface area (Å²) in [5.41, 5.74) is 0. The number of carbonyl (C=O) groups is 3. The number of thioether (sulfide) groups is 1. The lowest BCUT2D eigenvalue weighted by atomic mass is 10.0. The van der Waals surface area contributed by atoms with Gasteiger partial charge in [-0.3, -0.25) is 4.79 Å². The van der Waals surface area contributed by atoms with Crippen molar-refractivity contribution in [1.82, 2.24) is 16.0 Å². The first-order valence-electron chi connectivity index (χ1n) is 8.35. The summed E-state index contributed by atoms with van der Waals surface area (Å²) in [6.45, 7) is 2.31. The van der Waals surface area contributed by atoms with Crippen molar-refractivity contribution in [1.29, 1.82) is 0 Å². The normalized spacial score (nSPS) is 25.7. The molecule has 2 unspecified atom stereocenters. The van der Waals surface area contributed by atoms with Gasteiger partial charge in [0.05, 0.1) is 25.3 Å². The van der Waals surface area contributed by atoms with Gasteiger partial charge in [-0.15, -0.1) is 0 Å². The lowest BCUT2D eigenvalue weighted by Crippen LogP contribution is -2.37. The number of urea groups is 1. The highest BCUT2D eigenvalue weighted by atomic mass is 32.2. The Morgan fingerprint density at radius 1 is 1.36 bits per heavy atom. The van der Waals surface area contributed by atoms with E-state index in [0.29, 0.717) is 19.6 Å². The third-order valence-electron chi connectivity index (χ3n) is 3.98. The van der Waals surface area contributed by atoms with Crippen LogP contribution in [0.25, 0.3) is 0 Å². The fourth-order valence-electron chi connectivity index (χ4n) is 2.69. The van der Waals surface area contributed by atoms with Crippen molar-refractivity contribution in [2.75, 3.05) is 32.1 Å². The predicted molar refractivity (Wildman–Crippen MR) is 91.2 cm³/mol. The highest BCUT2D eigenvalue weighted by Gasteiger charge is 2.42. The van der Waals surface area contributed by atoms with E-state index in [2.05, 4.69) is 16.0 Å². The standard InChI is InChI=1S/C15H25N3O6S/c1-9(19)14(21)24-7-6-23-5-4-16-12(20)3-2-11-13-10(8-25-11)17-15(22)18-13/h9-11,13,19H,2-8H2,1H3,(H,16,20)(H2,17,18,22)/t9?,10-,11?,13-/m0/s1. The summed E-state index contributed by atoms with van der Waals surface area (Å²) < 4.78 is 9.96. The number of carbonyl (C=O) groups excluding carboxylic acids is 3. The Morgan fingerprint density at radius 3 is 2.92 bits per heavy atom. The Bertz CT molecular complexity index is 490. The molecule has 0 aromatic rings. The number of esters is 1. The van der Waals surface area contributed by atoms with Gasteiger partial charge in [0.2, 0.25) is 5.91 Å². The Morgan fingerprint density at radius 2 is 2.16 bits per heavy atom. The Balaban J connectivity index is 1.46. The molecule has 142 valence electrons. The molecule has 0 spiro atoms. The van der Waals surface area contributed by atoms with E-state index in [4.69, 9.17) is 14.6 Å². The average Bonchev–Trinajstić information content (AvgIpc) is 3.10. The van der Waals surface area contributed by atoms with Gasteiger partial charge in [0.15, 0.2) is 0 Å². The second-order valence-electron chi connectivity index (χ2n) is 5.97. The summed E-state index contributed by atoms with van der Waals surface area (Å²) in [4.78, 5) is 34.1. The molecule has 0 radical (unpaired) electrons. The number of ether oxygens (including phenoxy) is 2. The fourth-order valence-corrected chi connectivity index (χ4v) is 4.19. The van der Waals surface area contributed by atoms with Crippen LogP contribution in [0.2, 0.25) is 0 Å². The maximum absolute atomic E-state index is 11.8. The van der Waals surface area contributed by atoms with Crippen molar-refractivity contribution in [2.45, 2.75) is 43.2 Å². The molecule has 0 saturated carbocycles. The van der Waals surface area contributed by atoms with E-state index in [1.807, 2.05) is 0 Å². The van der Waals surface area contributed by atoms with Crippen molar-refractivity contribution < 1.29 is 29.0 Å². The van der Waals surface area contributed by atoms with Gasteiger partial charge in [0.25, 0.3) is 0 Å². The molecule has 25 heavy (non-hydrogen) atoms. The molecule has 9 nitrogen and oxygen atoms in total. The van der Waals surface area contributed by atoms with Gasteiger partial charge < -0.3 is 30.5 Å². The van der Waals surface area contributed by atoms with Crippen molar-refractivity contribution in [3.05, 3.63) is 0 Å².